The first-order chi connectivity index (χ1) is 9.88. The molecule has 0 bridgehead atoms. The largest absolute Gasteiger partial charge is 0.478 e. The number of amides is 2. The third kappa shape index (κ3) is 4.20. The highest BCUT2D eigenvalue weighted by Crippen LogP contribution is 2.30. The summed E-state index contributed by atoms with van der Waals surface area (Å²) in [7, 11) is 0. The molecule has 6 heteroatoms. The standard InChI is InChI=1S/C15H19BrN2O3/c1-9(2)18(8-10-3-4-10)15(21)17-11-5-6-13(16)12(7-11)14(19)20/h5-7,9-10H,3-4,8H2,1-2H3,(H,17,21)(H,19,20). The summed E-state index contributed by atoms with van der Waals surface area (Å²) in [4.78, 5) is 25.2. The molecule has 1 fully saturated rings. The van der Waals surface area contributed by atoms with E-state index in [0.29, 0.717) is 16.1 Å². The summed E-state index contributed by atoms with van der Waals surface area (Å²) >= 11 is 3.19. The Labute approximate surface area is 132 Å². The van der Waals surface area contributed by atoms with Gasteiger partial charge in [0.05, 0.1) is 5.56 Å². The molecule has 1 aromatic carbocycles. The number of carbonyl (C=O) groups is 2. The van der Waals surface area contributed by atoms with Crippen LogP contribution in [0, 0.1) is 5.92 Å². The number of rotatable bonds is 5. The number of benzene rings is 1. The van der Waals surface area contributed by atoms with Crippen LogP contribution in [-0.4, -0.2) is 34.6 Å². The molecule has 2 rings (SSSR count). The van der Waals surface area contributed by atoms with Crippen LogP contribution in [0.4, 0.5) is 10.5 Å². The highest BCUT2D eigenvalue weighted by molar-refractivity contribution is 9.10. The molecule has 114 valence electrons. The SMILES string of the molecule is CC(C)N(CC1CC1)C(=O)Nc1ccc(Br)c(C(=O)O)c1. The minimum absolute atomic E-state index is 0.111. The fourth-order valence-corrected chi connectivity index (χ4v) is 2.49. The van der Waals surface area contributed by atoms with E-state index < -0.39 is 5.97 Å². The fraction of sp³-hybridized carbons (Fsp3) is 0.467. The van der Waals surface area contributed by atoms with Gasteiger partial charge in [0.1, 0.15) is 0 Å². The van der Waals surface area contributed by atoms with Crippen LogP contribution in [-0.2, 0) is 0 Å². The number of anilines is 1. The van der Waals surface area contributed by atoms with E-state index in [1.54, 1.807) is 17.0 Å². The second kappa shape index (κ2) is 6.47. The number of halogens is 1. The van der Waals surface area contributed by atoms with Gasteiger partial charge in [0.15, 0.2) is 0 Å². The lowest BCUT2D eigenvalue weighted by atomic mass is 10.2. The van der Waals surface area contributed by atoms with Gasteiger partial charge in [-0.25, -0.2) is 9.59 Å². The molecule has 21 heavy (non-hydrogen) atoms. The Morgan fingerprint density at radius 2 is 2.10 bits per heavy atom. The number of hydrogen-bond donors (Lipinski definition) is 2. The van der Waals surface area contributed by atoms with Crippen molar-refractivity contribution in [1.82, 2.24) is 4.90 Å². The molecule has 1 aromatic rings. The Hall–Kier alpha value is -1.56. The molecule has 0 aromatic heterocycles. The van der Waals surface area contributed by atoms with Crippen LogP contribution in [0.3, 0.4) is 0 Å². The van der Waals surface area contributed by atoms with Gasteiger partial charge in [0.2, 0.25) is 0 Å². The summed E-state index contributed by atoms with van der Waals surface area (Å²) in [5.41, 5.74) is 0.619. The molecule has 2 amide bonds. The molecule has 0 aliphatic heterocycles. The molecular formula is C15H19BrN2O3. The van der Waals surface area contributed by atoms with Gasteiger partial charge in [-0.3, -0.25) is 0 Å². The van der Waals surface area contributed by atoms with E-state index in [4.69, 9.17) is 5.11 Å². The number of carboxylic acid groups (broad SMARTS) is 1. The summed E-state index contributed by atoms with van der Waals surface area (Å²) in [6, 6.07) is 4.69. The molecule has 1 saturated carbocycles. The normalized spacial score (nSPS) is 14.1. The number of nitrogens with one attached hydrogen (secondary N) is 1. The Kier molecular flexibility index (Phi) is 4.88. The maximum Gasteiger partial charge on any atom is 0.336 e. The lowest BCUT2D eigenvalue weighted by molar-refractivity contribution is 0.0696. The quantitative estimate of drug-likeness (QED) is 0.844. The van der Waals surface area contributed by atoms with Gasteiger partial charge in [0, 0.05) is 22.7 Å². The lowest BCUT2D eigenvalue weighted by Gasteiger charge is -2.27. The third-order valence-electron chi connectivity index (χ3n) is 3.48. The molecule has 5 nitrogen and oxygen atoms in total. The number of hydrogen-bond acceptors (Lipinski definition) is 2. The van der Waals surface area contributed by atoms with E-state index in [1.807, 2.05) is 13.8 Å². The second-order valence-electron chi connectivity index (χ2n) is 5.62. The van der Waals surface area contributed by atoms with E-state index >= 15 is 0 Å². The van der Waals surface area contributed by atoms with Crippen LogP contribution in [0.15, 0.2) is 22.7 Å². The molecule has 0 saturated heterocycles. The first-order valence-corrected chi connectivity index (χ1v) is 7.78. The molecule has 0 unspecified atom stereocenters. The molecule has 0 atom stereocenters. The molecule has 2 N–H and O–H groups in total. The number of aromatic carboxylic acids is 1. The van der Waals surface area contributed by atoms with Gasteiger partial charge < -0.3 is 15.3 Å². The van der Waals surface area contributed by atoms with Crippen molar-refractivity contribution in [2.75, 3.05) is 11.9 Å². The molecule has 0 radical (unpaired) electrons. The van der Waals surface area contributed by atoms with Crippen LogP contribution in [0.5, 0.6) is 0 Å². The number of carboxylic acids is 1. The third-order valence-corrected chi connectivity index (χ3v) is 4.18. The fourth-order valence-electron chi connectivity index (χ4n) is 2.07. The van der Waals surface area contributed by atoms with Crippen LogP contribution in [0.2, 0.25) is 0 Å². The minimum atomic E-state index is -1.03. The van der Waals surface area contributed by atoms with E-state index in [2.05, 4.69) is 21.2 Å². The van der Waals surface area contributed by atoms with Crippen molar-refractivity contribution in [3.8, 4) is 0 Å². The predicted molar refractivity (Wildman–Crippen MR) is 84.7 cm³/mol. The van der Waals surface area contributed by atoms with Crippen molar-refractivity contribution in [3.05, 3.63) is 28.2 Å². The first-order valence-electron chi connectivity index (χ1n) is 6.99. The highest BCUT2D eigenvalue weighted by atomic mass is 79.9. The van der Waals surface area contributed by atoms with Gasteiger partial charge in [-0.2, -0.15) is 0 Å². The second-order valence-corrected chi connectivity index (χ2v) is 6.47. The van der Waals surface area contributed by atoms with Crippen LogP contribution < -0.4 is 5.32 Å². The summed E-state index contributed by atoms with van der Waals surface area (Å²) in [6.45, 7) is 4.71. The Bertz CT molecular complexity index is 556. The van der Waals surface area contributed by atoms with Gasteiger partial charge in [-0.05, 0) is 66.7 Å². The van der Waals surface area contributed by atoms with E-state index in [0.717, 1.165) is 6.54 Å². The zero-order valence-corrected chi connectivity index (χ0v) is 13.7. The zero-order chi connectivity index (χ0) is 15.6. The van der Waals surface area contributed by atoms with Crippen LogP contribution in [0.25, 0.3) is 0 Å². The lowest BCUT2D eigenvalue weighted by Crippen LogP contribution is -2.41. The maximum absolute atomic E-state index is 12.3. The van der Waals surface area contributed by atoms with Crippen molar-refractivity contribution in [1.29, 1.82) is 0 Å². The topological polar surface area (TPSA) is 69.6 Å². The summed E-state index contributed by atoms with van der Waals surface area (Å²) in [5.74, 6) is -0.422. The first kappa shape index (κ1) is 15.8. The number of urea groups is 1. The molecule has 1 aliphatic carbocycles. The minimum Gasteiger partial charge on any atom is -0.478 e. The average molecular weight is 355 g/mol. The Balaban J connectivity index is 2.10. The van der Waals surface area contributed by atoms with E-state index in [9.17, 15) is 9.59 Å². The Morgan fingerprint density at radius 1 is 1.43 bits per heavy atom. The zero-order valence-electron chi connectivity index (χ0n) is 12.1. The number of nitrogens with zero attached hydrogens (tertiary/aromatic N) is 1. The highest BCUT2D eigenvalue weighted by Gasteiger charge is 2.28. The molecule has 0 spiro atoms. The molecule has 1 aliphatic rings. The van der Waals surface area contributed by atoms with Gasteiger partial charge in [-0.1, -0.05) is 0 Å². The van der Waals surface area contributed by atoms with Crippen molar-refractivity contribution < 1.29 is 14.7 Å². The predicted octanol–water partition coefficient (Wildman–Crippen LogP) is 3.80. The number of carbonyl (C=O) groups excluding carboxylic acids is 1. The van der Waals surface area contributed by atoms with E-state index in [1.165, 1.54) is 18.9 Å². The van der Waals surface area contributed by atoms with Crippen LogP contribution >= 0.6 is 15.9 Å². The van der Waals surface area contributed by atoms with Crippen molar-refractivity contribution in [2.24, 2.45) is 5.92 Å². The molecule has 0 heterocycles. The van der Waals surface area contributed by atoms with Crippen LogP contribution in [0.1, 0.15) is 37.0 Å². The van der Waals surface area contributed by atoms with Crippen molar-refractivity contribution in [2.45, 2.75) is 32.7 Å². The smallest absolute Gasteiger partial charge is 0.336 e. The molecular weight excluding hydrogens is 336 g/mol. The Morgan fingerprint density at radius 3 is 2.62 bits per heavy atom. The van der Waals surface area contributed by atoms with Crippen molar-refractivity contribution in [3.63, 3.8) is 0 Å². The van der Waals surface area contributed by atoms with Gasteiger partial charge in [-0.15, -0.1) is 0 Å². The monoisotopic (exact) mass is 354 g/mol. The van der Waals surface area contributed by atoms with Gasteiger partial charge >= 0.3 is 12.0 Å². The summed E-state index contributed by atoms with van der Waals surface area (Å²) in [5, 5.41) is 11.9. The summed E-state index contributed by atoms with van der Waals surface area (Å²) < 4.78 is 0.492. The van der Waals surface area contributed by atoms with E-state index in [-0.39, 0.29) is 17.6 Å². The maximum atomic E-state index is 12.3. The summed E-state index contributed by atoms with van der Waals surface area (Å²) in [6.07, 6.45) is 2.36. The van der Waals surface area contributed by atoms with Gasteiger partial charge in [0.25, 0.3) is 0 Å². The average Bonchev–Trinajstić information content (AvgIpc) is 3.21. The van der Waals surface area contributed by atoms with Crippen molar-refractivity contribution >= 4 is 33.6 Å².